The second kappa shape index (κ2) is 9.08. The Morgan fingerprint density at radius 3 is 2.57 bits per heavy atom. The molecule has 30 heavy (non-hydrogen) atoms. The molecule has 1 aromatic heterocycles. The van der Waals surface area contributed by atoms with Crippen molar-refractivity contribution in [2.24, 2.45) is 7.05 Å². The number of carbonyl (C=O) groups excluding carboxylic acids is 1. The molecular formula is C21H22N4O5. The number of hydrogen-bond donors (Lipinski definition) is 1. The van der Waals surface area contributed by atoms with Gasteiger partial charge in [-0.15, -0.1) is 0 Å². The molecule has 0 radical (unpaired) electrons. The minimum Gasteiger partial charge on any atom is -0.497 e. The minimum atomic E-state index is -0.568. The number of nitrogens with zero attached hydrogens (tertiary/aromatic N) is 3. The number of aryl methyl sites for hydroxylation is 1. The number of aromatic nitrogens is 2. The first-order chi connectivity index (χ1) is 14.4. The molecule has 0 aliphatic heterocycles. The van der Waals surface area contributed by atoms with Gasteiger partial charge in [0.05, 0.1) is 18.6 Å². The van der Waals surface area contributed by atoms with Gasteiger partial charge in [0.1, 0.15) is 17.6 Å². The lowest BCUT2D eigenvalue weighted by molar-refractivity contribution is -0.385. The first-order valence-corrected chi connectivity index (χ1v) is 9.27. The zero-order valence-corrected chi connectivity index (χ0v) is 16.9. The van der Waals surface area contributed by atoms with E-state index in [-0.39, 0.29) is 23.6 Å². The van der Waals surface area contributed by atoms with Crippen LogP contribution in [0.2, 0.25) is 0 Å². The van der Waals surface area contributed by atoms with Crippen LogP contribution in [0.15, 0.2) is 54.9 Å². The summed E-state index contributed by atoms with van der Waals surface area (Å²) in [5.74, 6) is 0.958. The van der Waals surface area contributed by atoms with Crippen LogP contribution in [0.3, 0.4) is 0 Å². The molecule has 0 aliphatic rings. The third-order valence-corrected chi connectivity index (χ3v) is 4.56. The highest BCUT2D eigenvalue weighted by Gasteiger charge is 2.24. The van der Waals surface area contributed by atoms with E-state index in [1.54, 1.807) is 43.1 Å². The quantitative estimate of drug-likeness (QED) is 0.451. The number of benzene rings is 2. The van der Waals surface area contributed by atoms with Crippen LogP contribution >= 0.6 is 0 Å². The predicted octanol–water partition coefficient (Wildman–Crippen LogP) is 3.26. The summed E-state index contributed by atoms with van der Waals surface area (Å²) in [6, 6.07) is 10.8. The van der Waals surface area contributed by atoms with E-state index in [4.69, 9.17) is 9.47 Å². The molecule has 3 rings (SSSR count). The van der Waals surface area contributed by atoms with Crippen molar-refractivity contribution in [3.8, 4) is 11.5 Å². The van der Waals surface area contributed by atoms with Gasteiger partial charge in [-0.1, -0.05) is 12.1 Å². The van der Waals surface area contributed by atoms with Crippen molar-refractivity contribution in [2.75, 3.05) is 13.7 Å². The van der Waals surface area contributed by atoms with E-state index < -0.39 is 16.9 Å². The first-order valence-electron chi connectivity index (χ1n) is 9.27. The number of carbonyl (C=O) groups is 1. The summed E-state index contributed by atoms with van der Waals surface area (Å²) in [6.45, 7) is 2.02. The van der Waals surface area contributed by atoms with Crippen LogP contribution in [-0.2, 0) is 7.05 Å². The Labute approximate surface area is 173 Å². The van der Waals surface area contributed by atoms with Gasteiger partial charge >= 0.3 is 5.69 Å². The Morgan fingerprint density at radius 1 is 1.27 bits per heavy atom. The van der Waals surface area contributed by atoms with Crippen molar-refractivity contribution in [1.82, 2.24) is 14.9 Å². The molecule has 1 amide bonds. The molecular weight excluding hydrogens is 388 g/mol. The van der Waals surface area contributed by atoms with Gasteiger partial charge in [-0.3, -0.25) is 14.9 Å². The van der Waals surface area contributed by atoms with Gasteiger partial charge in [-0.2, -0.15) is 0 Å². The van der Waals surface area contributed by atoms with Gasteiger partial charge in [0, 0.05) is 31.1 Å². The Hall–Kier alpha value is -3.88. The molecule has 1 heterocycles. The van der Waals surface area contributed by atoms with Gasteiger partial charge in [0.15, 0.2) is 5.75 Å². The van der Waals surface area contributed by atoms with Crippen molar-refractivity contribution in [3.05, 3.63) is 81.9 Å². The zero-order chi connectivity index (χ0) is 21.7. The normalized spacial score (nSPS) is 11.6. The molecule has 0 bridgehead atoms. The highest BCUT2D eigenvalue weighted by atomic mass is 16.6. The molecule has 9 nitrogen and oxygen atoms in total. The van der Waals surface area contributed by atoms with Crippen LogP contribution in [0, 0.1) is 10.1 Å². The largest absolute Gasteiger partial charge is 0.497 e. The molecule has 1 unspecified atom stereocenters. The molecule has 0 saturated heterocycles. The smallest absolute Gasteiger partial charge is 0.311 e. The summed E-state index contributed by atoms with van der Waals surface area (Å²) in [4.78, 5) is 28.1. The maximum absolute atomic E-state index is 13.0. The van der Waals surface area contributed by atoms with Crippen molar-refractivity contribution in [2.45, 2.75) is 13.0 Å². The SMILES string of the molecule is CCOc1ccc(C(=O)NC(c2ccc(OC)cc2)c2nccn2C)cc1[N+](=O)[O-]. The van der Waals surface area contributed by atoms with E-state index in [2.05, 4.69) is 10.3 Å². The molecule has 1 atom stereocenters. The fourth-order valence-corrected chi connectivity index (χ4v) is 3.04. The topological polar surface area (TPSA) is 109 Å². The van der Waals surface area contributed by atoms with E-state index >= 15 is 0 Å². The average Bonchev–Trinajstić information content (AvgIpc) is 3.18. The maximum atomic E-state index is 13.0. The van der Waals surface area contributed by atoms with Gasteiger partial charge in [0.25, 0.3) is 5.91 Å². The number of nitro benzene ring substituents is 1. The summed E-state index contributed by atoms with van der Waals surface area (Å²) in [6.07, 6.45) is 3.42. The van der Waals surface area contributed by atoms with Crippen molar-refractivity contribution in [3.63, 3.8) is 0 Å². The molecule has 0 saturated carbocycles. The molecule has 2 aromatic carbocycles. The molecule has 0 fully saturated rings. The predicted molar refractivity (Wildman–Crippen MR) is 110 cm³/mol. The summed E-state index contributed by atoms with van der Waals surface area (Å²) in [5.41, 5.74) is 0.680. The lowest BCUT2D eigenvalue weighted by Crippen LogP contribution is -2.31. The van der Waals surface area contributed by atoms with E-state index in [1.165, 1.54) is 18.2 Å². The Kier molecular flexibility index (Phi) is 6.31. The highest BCUT2D eigenvalue weighted by molar-refractivity contribution is 5.95. The van der Waals surface area contributed by atoms with Crippen LogP contribution in [0.25, 0.3) is 0 Å². The highest BCUT2D eigenvalue weighted by Crippen LogP contribution is 2.29. The number of nitro groups is 1. The summed E-state index contributed by atoms with van der Waals surface area (Å²) in [5, 5.41) is 14.3. The van der Waals surface area contributed by atoms with Crippen LogP contribution in [-0.4, -0.2) is 34.1 Å². The van der Waals surface area contributed by atoms with E-state index in [9.17, 15) is 14.9 Å². The number of methoxy groups -OCH3 is 1. The van der Waals surface area contributed by atoms with Crippen LogP contribution < -0.4 is 14.8 Å². The van der Waals surface area contributed by atoms with E-state index in [0.717, 1.165) is 5.56 Å². The molecule has 0 aliphatic carbocycles. The van der Waals surface area contributed by atoms with Gasteiger partial charge in [-0.05, 0) is 36.8 Å². The molecule has 156 valence electrons. The summed E-state index contributed by atoms with van der Waals surface area (Å²) >= 11 is 0. The second-order valence-corrected chi connectivity index (χ2v) is 6.45. The standard InChI is InChI=1S/C21H22N4O5/c1-4-30-18-10-7-15(13-17(18)25(27)28)21(26)23-19(20-22-11-12-24(20)2)14-5-8-16(29-3)9-6-14/h5-13,19H,4H2,1-3H3,(H,23,26). The minimum absolute atomic E-state index is 0.120. The third kappa shape index (κ3) is 4.40. The van der Waals surface area contributed by atoms with Crippen LogP contribution in [0.4, 0.5) is 5.69 Å². The Bertz CT molecular complexity index is 1050. The summed E-state index contributed by atoms with van der Waals surface area (Å²) in [7, 11) is 3.40. The second-order valence-electron chi connectivity index (χ2n) is 6.45. The van der Waals surface area contributed by atoms with E-state index in [1.807, 2.05) is 19.2 Å². The van der Waals surface area contributed by atoms with E-state index in [0.29, 0.717) is 11.6 Å². The molecule has 1 N–H and O–H groups in total. The average molecular weight is 410 g/mol. The fourth-order valence-electron chi connectivity index (χ4n) is 3.04. The monoisotopic (exact) mass is 410 g/mol. The number of nitrogens with one attached hydrogen (secondary N) is 1. The number of rotatable bonds is 8. The number of hydrogen-bond acceptors (Lipinski definition) is 6. The zero-order valence-electron chi connectivity index (χ0n) is 16.9. The number of imidazole rings is 1. The fraction of sp³-hybridized carbons (Fsp3) is 0.238. The third-order valence-electron chi connectivity index (χ3n) is 4.56. The van der Waals surface area contributed by atoms with Crippen molar-refractivity contribution >= 4 is 11.6 Å². The van der Waals surface area contributed by atoms with Gasteiger partial charge in [0.2, 0.25) is 0 Å². The lowest BCUT2D eigenvalue weighted by atomic mass is 10.0. The molecule has 3 aromatic rings. The van der Waals surface area contributed by atoms with Gasteiger partial charge in [-0.25, -0.2) is 4.98 Å². The van der Waals surface area contributed by atoms with Crippen molar-refractivity contribution in [1.29, 1.82) is 0 Å². The number of amides is 1. The number of ether oxygens (including phenoxy) is 2. The van der Waals surface area contributed by atoms with Crippen molar-refractivity contribution < 1.29 is 19.2 Å². The van der Waals surface area contributed by atoms with Crippen LogP contribution in [0.5, 0.6) is 11.5 Å². The Morgan fingerprint density at radius 2 is 2.00 bits per heavy atom. The van der Waals surface area contributed by atoms with Crippen LogP contribution in [0.1, 0.15) is 34.7 Å². The lowest BCUT2D eigenvalue weighted by Gasteiger charge is -2.19. The maximum Gasteiger partial charge on any atom is 0.311 e. The molecule has 9 heteroatoms. The van der Waals surface area contributed by atoms with Gasteiger partial charge < -0.3 is 19.4 Å². The Balaban J connectivity index is 1.94. The summed E-state index contributed by atoms with van der Waals surface area (Å²) < 4.78 is 12.3. The first kappa shape index (κ1) is 20.8. The molecule has 0 spiro atoms.